The molecule has 1 fully saturated rings. The zero-order chi connectivity index (χ0) is 22.6. The van der Waals surface area contributed by atoms with Gasteiger partial charge in [0.25, 0.3) is 11.5 Å². The minimum Gasteiger partial charge on any atom is -0.493 e. The molecule has 14 nitrogen and oxygen atoms in total. The summed E-state index contributed by atoms with van der Waals surface area (Å²) < 4.78 is 6.71. The van der Waals surface area contributed by atoms with Gasteiger partial charge < -0.3 is 35.9 Å². The van der Waals surface area contributed by atoms with Crippen LogP contribution in [0.2, 0.25) is 0 Å². The quantitative estimate of drug-likeness (QED) is 0.210. The number of nitrogens with zero attached hydrogens (tertiary/aromatic N) is 5. The van der Waals surface area contributed by atoms with Crippen molar-refractivity contribution in [2.45, 2.75) is 24.5 Å². The van der Waals surface area contributed by atoms with Crippen LogP contribution in [0.5, 0.6) is 5.88 Å². The minimum atomic E-state index is -1.50. The number of anilines is 1. The lowest BCUT2D eigenvalue weighted by Crippen LogP contribution is -2.33. The summed E-state index contributed by atoms with van der Waals surface area (Å²) in [5.74, 6) is -0.651. The Labute approximate surface area is 177 Å². The Morgan fingerprint density at radius 2 is 1.94 bits per heavy atom. The molecule has 166 valence electrons. The molecule has 0 spiro atoms. The summed E-state index contributed by atoms with van der Waals surface area (Å²) in [6, 6.07) is 7.01. The van der Waals surface area contributed by atoms with Crippen LogP contribution in [-0.2, 0) is 4.74 Å². The number of nitrogens with one attached hydrogen (secondary N) is 2. The monoisotopic (exact) mass is 442 g/mol. The molecule has 4 aromatic rings. The number of hydrogen-bond donors (Lipinski definition) is 7. The lowest BCUT2D eigenvalue weighted by molar-refractivity contribution is -0.0503. The van der Waals surface area contributed by atoms with Gasteiger partial charge in [-0.3, -0.25) is 14.3 Å². The second-order valence-electron chi connectivity index (χ2n) is 7.20. The molecule has 0 bridgehead atoms. The van der Waals surface area contributed by atoms with Crippen LogP contribution in [0.1, 0.15) is 6.23 Å². The van der Waals surface area contributed by atoms with Crippen molar-refractivity contribution in [3.8, 4) is 5.88 Å². The van der Waals surface area contributed by atoms with Gasteiger partial charge in [0.2, 0.25) is 11.8 Å². The standard InChI is InChI=1S/C18H18N8O6/c19-17-22-13-10(15(31)23-17)21-18(26(13)16-12(29)11(28)8(5-27)32-16)25-24-9-6-3-1-2-4-7(6)20-14(9)30/h1-4,8,11-12,16,20,27-30H,5H2,(H3,19,22,23,31)/t8-,11+,12+,16+/m0/s1. The average Bonchev–Trinajstić information content (AvgIpc) is 3.38. The van der Waals surface area contributed by atoms with Crippen LogP contribution < -0.4 is 11.3 Å². The first-order valence-corrected chi connectivity index (χ1v) is 9.50. The van der Waals surface area contributed by atoms with Crippen molar-refractivity contribution in [1.82, 2.24) is 24.5 Å². The molecule has 8 N–H and O–H groups in total. The third kappa shape index (κ3) is 3.01. The van der Waals surface area contributed by atoms with Gasteiger partial charge >= 0.3 is 0 Å². The van der Waals surface area contributed by atoms with Gasteiger partial charge in [-0.05, 0) is 6.07 Å². The van der Waals surface area contributed by atoms with Crippen LogP contribution in [-0.4, -0.2) is 69.8 Å². The van der Waals surface area contributed by atoms with Crippen molar-refractivity contribution < 1.29 is 25.2 Å². The van der Waals surface area contributed by atoms with E-state index < -0.39 is 36.7 Å². The summed E-state index contributed by atoms with van der Waals surface area (Å²) in [6.07, 6.45) is -5.30. The Kier molecular flexibility index (Phi) is 4.63. The summed E-state index contributed by atoms with van der Waals surface area (Å²) in [5, 5.41) is 49.0. The van der Waals surface area contributed by atoms with Crippen molar-refractivity contribution in [1.29, 1.82) is 0 Å². The van der Waals surface area contributed by atoms with Crippen molar-refractivity contribution >= 4 is 39.7 Å². The fourth-order valence-corrected chi connectivity index (χ4v) is 3.70. The number of para-hydroxylation sites is 1. The maximum atomic E-state index is 12.3. The first-order chi connectivity index (χ1) is 15.4. The molecule has 4 heterocycles. The number of hydrogen-bond acceptors (Lipinski definition) is 11. The predicted octanol–water partition coefficient (Wildman–Crippen LogP) is -0.0844. The topological polar surface area (TPSA) is 220 Å². The second-order valence-corrected chi connectivity index (χ2v) is 7.20. The minimum absolute atomic E-state index is 0.0711. The van der Waals surface area contributed by atoms with Gasteiger partial charge in [0, 0.05) is 5.39 Å². The summed E-state index contributed by atoms with van der Waals surface area (Å²) >= 11 is 0. The van der Waals surface area contributed by atoms with E-state index in [-0.39, 0.29) is 34.6 Å². The molecule has 0 saturated carbocycles. The molecule has 0 radical (unpaired) electrons. The van der Waals surface area contributed by atoms with E-state index in [1.807, 2.05) is 0 Å². The summed E-state index contributed by atoms with van der Waals surface area (Å²) in [5.41, 5.74) is 5.52. The fourth-order valence-electron chi connectivity index (χ4n) is 3.70. The Morgan fingerprint density at radius 1 is 1.16 bits per heavy atom. The van der Waals surface area contributed by atoms with E-state index in [9.17, 15) is 25.2 Å². The molecule has 0 unspecified atom stereocenters. The van der Waals surface area contributed by atoms with Crippen molar-refractivity contribution in [3.63, 3.8) is 0 Å². The second kappa shape index (κ2) is 7.38. The Balaban J connectivity index is 1.68. The largest absolute Gasteiger partial charge is 0.493 e. The molecule has 1 aliphatic heterocycles. The smallest absolute Gasteiger partial charge is 0.280 e. The molecule has 1 aliphatic rings. The zero-order valence-electron chi connectivity index (χ0n) is 16.2. The molecule has 14 heteroatoms. The van der Waals surface area contributed by atoms with Gasteiger partial charge in [-0.25, -0.2) is 4.98 Å². The van der Waals surface area contributed by atoms with E-state index in [0.29, 0.717) is 10.9 Å². The number of aliphatic hydroxyl groups excluding tert-OH is 3. The number of nitrogens with two attached hydrogens (primary N) is 1. The van der Waals surface area contributed by atoms with Crippen LogP contribution in [0.3, 0.4) is 0 Å². The third-order valence-corrected chi connectivity index (χ3v) is 5.22. The van der Waals surface area contributed by atoms with E-state index in [1.54, 1.807) is 24.3 Å². The lowest BCUT2D eigenvalue weighted by Gasteiger charge is -2.17. The van der Waals surface area contributed by atoms with Gasteiger partial charge in [0.1, 0.15) is 18.3 Å². The lowest BCUT2D eigenvalue weighted by atomic mass is 10.1. The molecular formula is C18H18N8O6. The van der Waals surface area contributed by atoms with Gasteiger partial charge in [0.05, 0.1) is 12.1 Å². The molecule has 1 saturated heterocycles. The van der Waals surface area contributed by atoms with Crippen molar-refractivity contribution in [2.75, 3.05) is 12.3 Å². The highest BCUT2D eigenvalue weighted by Crippen LogP contribution is 2.38. The summed E-state index contributed by atoms with van der Waals surface area (Å²) in [4.78, 5) is 25.6. The molecule has 5 rings (SSSR count). The zero-order valence-corrected chi connectivity index (χ0v) is 16.2. The van der Waals surface area contributed by atoms with Crippen LogP contribution in [0, 0.1) is 0 Å². The number of aliphatic hydroxyl groups is 3. The number of benzene rings is 1. The number of aromatic nitrogens is 5. The van der Waals surface area contributed by atoms with E-state index >= 15 is 0 Å². The highest BCUT2D eigenvalue weighted by atomic mass is 16.6. The molecule has 3 aromatic heterocycles. The number of nitrogen functional groups attached to an aromatic ring is 1. The number of azo groups is 1. The Hall–Kier alpha value is -3.85. The first kappa shape index (κ1) is 20.1. The van der Waals surface area contributed by atoms with E-state index in [2.05, 4.69) is 30.2 Å². The molecule has 32 heavy (non-hydrogen) atoms. The normalized spacial score (nSPS) is 23.7. The summed E-state index contributed by atoms with van der Waals surface area (Å²) in [6.45, 7) is -0.558. The average molecular weight is 442 g/mol. The van der Waals surface area contributed by atoms with Crippen LogP contribution >= 0.6 is 0 Å². The predicted molar refractivity (Wildman–Crippen MR) is 110 cm³/mol. The van der Waals surface area contributed by atoms with E-state index in [0.717, 1.165) is 4.57 Å². The van der Waals surface area contributed by atoms with Gasteiger partial charge in [-0.2, -0.15) is 4.98 Å². The highest BCUT2D eigenvalue weighted by Gasteiger charge is 2.45. The van der Waals surface area contributed by atoms with E-state index in [1.165, 1.54) is 0 Å². The molecule has 1 aromatic carbocycles. The molecule has 0 aliphatic carbocycles. The molecular weight excluding hydrogens is 424 g/mol. The number of rotatable bonds is 4. The van der Waals surface area contributed by atoms with Gasteiger partial charge in [0.15, 0.2) is 23.1 Å². The maximum Gasteiger partial charge on any atom is 0.280 e. The van der Waals surface area contributed by atoms with Crippen molar-refractivity contribution in [3.05, 3.63) is 34.6 Å². The van der Waals surface area contributed by atoms with Gasteiger partial charge in [-0.15, -0.1) is 10.2 Å². The summed E-state index contributed by atoms with van der Waals surface area (Å²) in [7, 11) is 0. The van der Waals surface area contributed by atoms with Crippen LogP contribution in [0.25, 0.3) is 22.1 Å². The SMILES string of the molecule is Nc1nc2c(nc(N=Nc3c(O)[nH]c4ccccc34)n2[C@@H]2O[C@@H](CO)[C@@H](O)[C@H]2O)c(=O)[nH]1. The van der Waals surface area contributed by atoms with Crippen molar-refractivity contribution in [2.24, 2.45) is 10.2 Å². The number of aromatic amines is 2. The van der Waals surface area contributed by atoms with E-state index in [4.69, 9.17) is 10.5 Å². The fraction of sp³-hybridized carbons (Fsp3) is 0.278. The maximum absolute atomic E-state index is 12.3. The number of imidazole rings is 1. The number of aromatic hydroxyl groups is 1. The highest BCUT2D eigenvalue weighted by molar-refractivity contribution is 5.94. The number of ether oxygens (including phenoxy) is 1. The first-order valence-electron chi connectivity index (χ1n) is 9.50. The van der Waals surface area contributed by atoms with Crippen LogP contribution in [0.15, 0.2) is 39.3 Å². The number of H-pyrrole nitrogens is 2. The number of fused-ring (bicyclic) bond motifs is 2. The third-order valence-electron chi connectivity index (χ3n) is 5.22. The molecule has 4 atom stereocenters. The Morgan fingerprint density at radius 3 is 2.69 bits per heavy atom. The molecule has 0 amide bonds. The van der Waals surface area contributed by atoms with Crippen LogP contribution in [0.4, 0.5) is 17.6 Å². The Bertz CT molecular complexity index is 1410. The van der Waals surface area contributed by atoms with Gasteiger partial charge in [-0.1, -0.05) is 18.2 Å².